The first-order valence-electron chi connectivity index (χ1n) is 5.89. The summed E-state index contributed by atoms with van der Waals surface area (Å²) >= 11 is 0. The van der Waals surface area contributed by atoms with Crippen LogP contribution in [0.1, 0.15) is 11.3 Å². The van der Waals surface area contributed by atoms with Gasteiger partial charge >= 0.3 is 5.97 Å². The van der Waals surface area contributed by atoms with Crippen molar-refractivity contribution < 1.29 is 14.6 Å². The van der Waals surface area contributed by atoms with Crippen LogP contribution in [-0.2, 0) is 16.1 Å². The molecule has 2 rings (SSSR count). The van der Waals surface area contributed by atoms with Crippen LogP contribution in [-0.4, -0.2) is 22.8 Å². The van der Waals surface area contributed by atoms with Gasteiger partial charge in [0.25, 0.3) is 0 Å². The molecular weight excluding hydrogens is 242 g/mol. The number of carbonyl (C=O) groups excluding carboxylic acids is 1. The highest BCUT2D eigenvalue weighted by atomic mass is 16.5. The first-order chi connectivity index (χ1) is 9.20. The van der Waals surface area contributed by atoms with Gasteiger partial charge in [0.2, 0.25) is 0 Å². The van der Waals surface area contributed by atoms with Crippen LogP contribution in [0.5, 0.6) is 5.75 Å². The highest BCUT2D eigenvalue weighted by molar-refractivity contribution is 5.73. The minimum atomic E-state index is -0.357. The van der Waals surface area contributed by atoms with Crippen LogP contribution in [0.3, 0.4) is 0 Å². The number of benzene rings is 1. The van der Waals surface area contributed by atoms with Crippen molar-refractivity contribution in [1.29, 1.82) is 0 Å². The summed E-state index contributed by atoms with van der Waals surface area (Å²) in [4.78, 5) is 11.3. The lowest BCUT2D eigenvalue weighted by atomic mass is 10.2. The highest BCUT2D eigenvalue weighted by Crippen LogP contribution is 2.21. The number of hydrogen-bond donors (Lipinski definition) is 1. The molecule has 0 aliphatic carbocycles. The van der Waals surface area contributed by atoms with Gasteiger partial charge in [-0.1, -0.05) is 36.4 Å². The number of ether oxygens (including phenoxy) is 1. The summed E-state index contributed by atoms with van der Waals surface area (Å²) in [5, 5.41) is 9.77. The molecule has 4 nitrogen and oxygen atoms in total. The Morgan fingerprint density at radius 2 is 2.00 bits per heavy atom. The molecule has 2 aromatic rings. The number of rotatable bonds is 4. The Morgan fingerprint density at radius 1 is 1.26 bits per heavy atom. The number of carbonyl (C=O) groups is 1. The van der Waals surface area contributed by atoms with Crippen LogP contribution in [0.15, 0.2) is 42.6 Å². The van der Waals surface area contributed by atoms with E-state index in [0.29, 0.717) is 5.69 Å². The minimum Gasteiger partial charge on any atom is -0.506 e. The molecule has 1 aromatic carbocycles. The van der Waals surface area contributed by atoms with Crippen LogP contribution in [0, 0.1) is 0 Å². The molecule has 0 saturated heterocycles. The maximum atomic E-state index is 11.3. The SMILES string of the molecule is COC(=O)Cn1ccc(O)c1/C=C/c1ccccc1. The van der Waals surface area contributed by atoms with Crippen molar-refractivity contribution in [3.8, 4) is 5.75 Å². The lowest BCUT2D eigenvalue weighted by molar-refractivity contribution is -0.141. The molecule has 19 heavy (non-hydrogen) atoms. The normalized spacial score (nSPS) is 10.8. The Kier molecular flexibility index (Phi) is 4.03. The molecule has 1 heterocycles. The van der Waals surface area contributed by atoms with E-state index in [1.165, 1.54) is 7.11 Å². The molecule has 0 amide bonds. The molecule has 1 N–H and O–H groups in total. The lowest BCUT2D eigenvalue weighted by Crippen LogP contribution is -2.11. The van der Waals surface area contributed by atoms with Crippen LogP contribution in [0.4, 0.5) is 0 Å². The summed E-state index contributed by atoms with van der Waals surface area (Å²) < 4.78 is 6.26. The predicted octanol–water partition coefficient (Wildman–Crippen LogP) is 2.54. The number of aromatic nitrogens is 1. The van der Waals surface area contributed by atoms with Gasteiger partial charge in [0.15, 0.2) is 0 Å². The largest absolute Gasteiger partial charge is 0.506 e. The molecule has 0 radical (unpaired) electrons. The molecule has 0 aliphatic rings. The number of nitrogens with zero attached hydrogens (tertiary/aromatic N) is 1. The molecule has 1 aromatic heterocycles. The van der Waals surface area contributed by atoms with E-state index in [2.05, 4.69) is 4.74 Å². The number of esters is 1. The number of methoxy groups -OCH3 is 1. The third-order valence-corrected chi connectivity index (χ3v) is 2.74. The zero-order valence-electron chi connectivity index (χ0n) is 10.6. The second-order valence-electron chi connectivity index (χ2n) is 4.03. The van der Waals surface area contributed by atoms with Gasteiger partial charge in [-0.25, -0.2) is 0 Å². The van der Waals surface area contributed by atoms with E-state index in [4.69, 9.17) is 0 Å². The first-order valence-corrected chi connectivity index (χ1v) is 5.89. The summed E-state index contributed by atoms with van der Waals surface area (Å²) in [7, 11) is 1.34. The predicted molar refractivity (Wildman–Crippen MR) is 73.5 cm³/mol. The van der Waals surface area contributed by atoms with Gasteiger partial charge < -0.3 is 14.4 Å². The van der Waals surface area contributed by atoms with Gasteiger partial charge in [-0.2, -0.15) is 0 Å². The van der Waals surface area contributed by atoms with Gasteiger partial charge in [0.1, 0.15) is 12.3 Å². The highest BCUT2D eigenvalue weighted by Gasteiger charge is 2.08. The van der Waals surface area contributed by atoms with Crippen molar-refractivity contribution in [3.05, 3.63) is 53.9 Å². The Morgan fingerprint density at radius 3 is 2.68 bits per heavy atom. The Balaban J connectivity index is 2.22. The summed E-state index contributed by atoms with van der Waals surface area (Å²) in [5.74, 6) is -0.221. The third kappa shape index (κ3) is 3.25. The second-order valence-corrected chi connectivity index (χ2v) is 4.03. The van der Waals surface area contributed by atoms with E-state index in [0.717, 1.165) is 5.56 Å². The monoisotopic (exact) mass is 257 g/mol. The average Bonchev–Trinajstić information content (AvgIpc) is 2.78. The van der Waals surface area contributed by atoms with Crippen LogP contribution >= 0.6 is 0 Å². The fourth-order valence-electron chi connectivity index (χ4n) is 1.74. The van der Waals surface area contributed by atoms with Crippen molar-refractivity contribution in [3.63, 3.8) is 0 Å². The molecule has 0 saturated carbocycles. The van der Waals surface area contributed by atoms with Crippen molar-refractivity contribution in [2.75, 3.05) is 7.11 Å². The number of hydrogen-bond acceptors (Lipinski definition) is 3. The summed E-state index contributed by atoms with van der Waals surface area (Å²) in [6.07, 6.45) is 5.30. The van der Waals surface area contributed by atoms with E-state index in [-0.39, 0.29) is 18.3 Å². The smallest absolute Gasteiger partial charge is 0.325 e. The molecule has 0 bridgehead atoms. The van der Waals surface area contributed by atoms with Gasteiger partial charge in [0.05, 0.1) is 12.8 Å². The maximum absolute atomic E-state index is 11.3. The Hall–Kier alpha value is -2.49. The molecule has 0 unspecified atom stereocenters. The zero-order chi connectivity index (χ0) is 13.7. The quantitative estimate of drug-likeness (QED) is 0.856. The van der Waals surface area contributed by atoms with Gasteiger partial charge in [-0.05, 0) is 17.7 Å². The number of aromatic hydroxyl groups is 1. The van der Waals surface area contributed by atoms with Crippen molar-refractivity contribution in [2.45, 2.75) is 6.54 Å². The first kappa shape index (κ1) is 13.0. The van der Waals surface area contributed by atoms with Crippen molar-refractivity contribution in [1.82, 2.24) is 4.57 Å². The molecule has 0 aliphatic heterocycles. The second kappa shape index (κ2) is 5.91. The fraction of sp³-hybridized carbons (Fsp3) is 0.133. The van der Waals surface area contributed by atoms with Crippen LogP contribution in [0.25, 0.3) is 12.2 Å². The average molecular weight is 257 g/mol. The van der Waals surface area contributed by atoms with Gasteiger partial charge in [-0.3, -0.25) is 4.79 Å². The summed E-state index contributed by atoms with van der Waals surface area (Å²) in [6, 6.07) is 11.3. The fourth-order valence-corrected chi connectivity index (χ4v) is 1.74. The molecule has 0 spiro atoms. The lowest BCUT2D eigenvalue weighted by Gasteiger charge is -2.04. The van der Waals surface area contributed by atoms with Crippen molar-refractivity contribution >= 4 is 18.1 Å². The van der Waals surface area contributed by atoms with Gasteiger partial charge in [-0.15, -0.1) is 0 Å². The Labute approximate surface area is 111 Å². The molecular formula is C15H15NO3. The summed E-state index contributed by atoms with van der Waals surface area (Å²) in [6.45, 7) is 0.0749. The van der Waals surface area contributed by atoms with Crippen LogP contribution in [0.2, 0.25) is 0 Å². The van der Waals surface area contributed by atoms with E-state index in [9.17, 15) is 9.90 Å². The summed E-state index contributed by atoms with van der Waals surface area (Å²) in [5.41, 5.74) is 1.60. The molecule has 4 heteroatoms. The molecule has 0 fully saturated rings. The standard InChI is InChI=1S/C15H15NO3/c1-19-15(18)11-16-10-9-14(17)13(16)8-7-12-5-3-2-4-6-12/h2-10,17H,11H2,1H3/b8-7+. The zero-order valence-corrected chi connectivity index (χ0v) is 10.6. The molecule has 98 valence electrons. The van der Waals surface area contributed by atoms with Crippen molar-refractivity contribution in [2.24, 2.45) is 0 Å². The minimum absolute atomic E-state index is 0.0749. The van der Waals surface area contributed by atoms with E-state index >= 15 is 0 Å². The Bertz CT molecular complexity index is 585. The van der Waals surface area contributed by atoms with E-state index < -0.39 is 0 Å². The molecule has 0 atom stereocenters. The maximum Gasteiger partial charge on any atom is 0.325 e. The van der Waals surface area contributed by atoms with E-state index in [1.807, 2.05) is 36.4 Å². The topological polar surface area (TPSA) is 51.5 Å². The van der Waals surface area contributed by atoms with Crippen LogP contribution < -0.4 is 0 Å². The van der Waals surface area contributed by atoms with Gasteiger partial charge in [0, 0.05) is 6.20 Å². The third-order valence-electron chi connectivity index (χ3n) is 2.74. The van der Waals surface area contributed by atoms with E-state index in [1.54, 1.807) is 22.9 Å².